The fourth-order valence-electron chi connectivity index (χ4n) is 3.24. The van der Waals surface area contributed by atoms with Crippen molar-refractivity contribution < 1.29 is 13.6 Å². The Balaban J connectivity index is 1.41. The zero-order chi connectivity index (χ0) is 23.4. The second kappa shape index (κ2) is 9.47. The van der Waals surface area contributed by atoms with E-state index in [-0.39, 0.29) is 18.7 Å². The predicted octanol–water partition coefficient (Wildman–Crippen LogP) is 3.26. The van der Waals surface area contributed by atoms with E-state index in [9.17, 15) is 18.4 Å². The van der Waals surface area contributed by atoms with E-state index < -0.39 is 23.1 Å². The second-order valence-electron chi connectivity index (χ2n) is 7.34. The summed E-state index contributed by atoms with van der Waals surface area (Å²) in [7, 11) is 0. The van der Waals surface area contributed by atoms with Crippen LogP contribution in [0.25, 0.3) is 17.0 Å². The average Bonchev–Trinajstić information content (AvgIpc) is 2.80. The molecule has 0 unspecified atom stereocenters. The van der Waals surface area contributed by atoms with E-state index in [0.29, 0.717) is 11.4 Å². The average molecular weight is 447 g/mol. The third-order valence-electron chi connectivity index (χ3n) is 4.90. The monoisotopic (exact) mass is 447 g/mol. The van der Waals surface area contributed by atoms with Crippen molar-refractivity contribution in [2.45, 2.75) is 13.5 Å². The maximum Gasteiger partial charge on any atom is 0.266 e. The maximum atomic E-state index is 13.4. The van der Waals surface area contributed by atoms with E-state index in [1.165, 1.54) is 18.6 Å². The number of nitrogens with zero attached hydrogens (tertiary/aromatic N) is 4. The molecule has 0 spiro atoms. The van der Waals surface area contributed by atoms with Crippen molar-refractivity contribution in [1.29, 1.82) is 0 Å². The summed E-state index contributed by atoms with van der Waals surface area (Å²) in [5, 5.41) is 3.56. The van der Waals surface area contributed by atoms with Crippen molar-refractivity contribution in [3.63, 3.8) is 0 Å². The van der Waals surface area contributed by atoms with Crippen molar-refractivity contribution in [3.8, 4) is 0 Å². The Hall–Kier alpha value is -4.27. The van der Waals surface area contributed by atoms with Crippen molar-refractivity contribution >= 4 is 22.9 Å². The molecule has 7 nitrogen and oxygen atoms in total. The molecular formula is C24H19F2N5O2. The molecule has 0 bridgehead atoms. The van der Waals surface area contributed by atoms with Gasteiger partial charge in [0.1, 0.15) is 11.4 Å². The van der Waals surface area contributed by atoms with Gasteiger partial charge in [-0.25, -0.2) is 23.7 Å². The fraction of sp³-hybridized carbons (Fsp3) is 0.125. The maximum absolute atomic E-state index is 13.4. The highest BCUT2D eigenvalue weighted by molar-refractivity contribution is 5.93. The van der Waals surface area contributed by atoms with E-state index in [1.54, 1.807) is 12.3 Å². The lowest BCUT2D eigenvalue weighted by molar-refractivity contribution is 0.0955. The Kier molecular flexibility index (Phi) is 6.30. The topological polar surface area (TPSA) is 89.8 Å². The summed E-state index contributed by atoms with van der Waals surface area (Å²) in [6.45, 7) is 1.98. The van der Waals surface area contributed by atoms with Gasteiger partial charge in [-0.3, -0.25) is 14.2 Å². The van der Waals surface area contributed by atoms with Crippen LogP contribution in [-0.2, 0) is 6.54 Å². The van der Waals surface area contributed by atoms with Crippen LogP contribution in [0.15, 0.2) is 66.0 Å². The van der Waals surface area contributed by atoms with Crippen molar-refractivity contribution in [3.05, 3.63) is 106 Å². The summed E-state index contributed by atoms with van der Waals surface area (Å²) in [6.07, 6.45) is 7.76. The molecule has 9 heteroatoms. The quantitative estimate of drug-likeness (QED) is 0.490. The summed E-state index contributed by atoms with van der Waals surface area (Å²) in [5.74, 6) is -1.87. The molecule has 0 radical (unpaired) electrons. The lowest BCUT2D eigenvalue weighted by Gasteiger charge is -2.08. The fourth-order valence-corrected chi connectivity index (χ4v) is 3.24. The Morgan fingerprint density at radius 2 is 1.97 bits per heavy atom. The number of carbonyl (C=O) groups is 1. The van der Waals surface area contributed by atoms with Crippen LogP contribution in [-0.4, -0.2) is 32.0 Å². The first-order chi connectivity index (χ1) is 15.9. The van der Waals surface area contributed by atoms with Gasteiger partial charge in [0, 0.05) is 24.3 Å². The highest BCUT2D eigenvalue weighted by atomic mass is 19.2. The van der Waals surface area contributed by atoms with Crippen LogP contribution < -0.4 is 10.9 Å². The minimum atomic E-state index is -1.01. The summed E-state index contributed by atoms with van der Waals surface area (Å²) in [6, 6.07) is 9.08. The van der Waals surface area contributed by atoms with Crippen LogP contribution in [0, 0.1) is 18.6 Å². The molecule has 1 amide bonds. The van der Waals surface area contributed by atoms with Gasteiger partial charge < -0.3 is 5.32 Å². The van der Waals surface area contributed by atoms with Crippen molar-refractivity contribution in [2.75, 3.05) is 6.54 Å². The van der Waals surface area contributed by atoms with Crippen molar-refractivity contribution in [1.82, 2.24) is 24.8 Å². The molecule has 0 aliphatic heterocycles. The molecule has 0 aliphatic rings. The van der Waals surface area contributed by atoms with E-state index in [2.05, 4.69) is 20.3 Å². The number of nitrogens with one attached hydrogen (secondary N) is 1. The van der Waals surface area contributed by atoms with E-state index in [1.807, 2.05) is 31.2 Å². The zero-order valence-corrected chi connectivity index (χ0v) is 17.6. The van der Waals surface area contributed by atoms with Crippen molar-refractivity contribution in [2.24, 2.45) is 0 Å². The minimum Gasteiger partial charge on any atom is -0.348 e. The number of amides is 1. The first-order valence-electron chi connectivity index (χ1n) is 10.1. The van der Waals surface area contributed by atoms with Crippen LogP contribution in [0.5, 0.6) is 0 Å². The molecule has 0 atom stereocenters. The lowest BCUT2D eigenvalue weighted by atomic mass is 10.1. The zero-order valence-electron chi connectivity index (χ0n) is 17.6. The predicted molar refractivity (Wildman–Crippen MR) is 120 cm³/mol. The summed E-state index contributed by atoms with van der Waals surface area (Å²) in [4.78, 5) is 37.6. The molecule has 1 N–H and O–H groups in total. The van der Waals surface area contributed by atoms with Gasteiger partial charge in [-0.15, -0.1) is 0 Å². The summed E-state index contributed by atoms with van der Waals surface area (Å²) in [5.41, 5.74) is 1.41. The van der Waals surface area contributed by atoms with Gasteiger partial charge in [0.25, 0.3) is 11.5 Å². The van der Waals surface area contributed by atoms with Gasteiger partial charge in [-0.05, 0) is 42.3 Å². The Morgan fingerprint density at radius 3 is 2.79 bits per heavy atom. The van der Waals surface area contributed by atoms with Crippen LogP contribution in [0.1, 0.15) is 27.3 Å². The molecule has 0 saturated heterocycles. The molecular weight excluding hydrogens is 428 g/mol. The van der Waals surface area contributed by atoms with E-state index >= 15 is 0 Å². The number of fused-ring (bicyclic) bond motifs is 1. The SMILES string of the molecule is Cc1ncc2cc(/C=C/CNC(=O)c3cncn(Cc4ccc(F)c(F)c4)c3=O)ccc2n1. The van der Waals surface area contributed by atoms with Gasteiger partial charge in [0.15, 0.2) is 11.6 Å². The standard InChI is InChI=1S/C24H19F2N5O2/c1-15-29-11-18-9-16(5-7-22(18)30-15)3-2-8-28-23(32)19-12-27-14-31(24(19)33)13-17-4-6-20(25)21(26)10-17/h2-7,9-12,14H,8,13H2,1H3,(H,28,32)/b3-2+. The van der Waals surface area contributed by atoms with Crippen LogP contribution >= 0.6 is 0 Å². The molecule has 166 valence electrons. The molecule has 0 aliphatic carbocycles. The number of benzene rings is 2. The number of halogens is 2. The number of hydrogen-bond donors (Lipinski definition) is 1. The summed E-state index contributed by atoms with van der Waals surface area (Å²) < 4.78 is 27.7. The molecule has 2 heterocycles. The first-order valence-corrected chi connectivity index (χ1v) is 10.1. The van der Waals surface area contributed by atoms with Gasteiger partial charge in [0.05, 0.1) is 18.4 Å². The molecule has 0 fully saturated rings. The summed E-state index contributed by atoms with van der Waals surface area (Å²) >= 11 is 0. The van der Waals surface area contributed by atoms with E-state index in [4.69, 9.17) is 0 Å². The number of carbonyl (C=O) groups excluding carboxylic acids is 1. The number of rotatable bonds is 6. The first kappa shape index (κ1) is 21.9. The highest BCUT2D eigenvalue weighted by Gasteiger charge is 2.13. The Labute approximate surface area is 187 Å². The normalized spacial score (nSPS) is 11.2. The molecule has 4 aromatic rings. The smallest absolute Gasteiger partial charge is 0.266 e. The minimum absolute atomic E-state index is 0.0464. The Bertz CT molecular complexity index is 1430. The third kappa shape index (κ3) is 5.15. The van der Waals surface area contributed by atoms with Gasteiger partial charge >= 0.3 is 0 Å². The molecule has 33 heavy (non-hydrogen) atoms. The number of hydrogen-bond acceptors (Lipinski definition) is 5. The third-order valence-corrected chi connectivity index (χ3v) is 4.90. The lowest BCUT2D eigenvalue weighted by Crippen LogP contribution is -2.33. The van der Waals surface area contributed by atoms with Crippen LogP contribution in [0.3, 0.4) is 0 Å². The van der Waals surface area contributed by atoms with E-state index in [0.717, 1.165) is 33.2 Å². The van der Waals surface area contributed by atoms with Gasteiger partial charge in [-0.1, -0.05) is 24.3 Å². The number of aromatic nitrogens is 4. The van der Waals surface area contributed by atoms with Gasteiger partial charge in [0.2, 0.25) is 0 Å². The second-order valence-corrected chi connectivity index (χ2v) is 7.34. The molecule has 2 aromatic carbocycles. The Morgan fingerprint density at radius 1 is 1.12 bits per heavy atom. The molecule has 0 saturated carbocycles. The largest absolute Gasteiger partial charge is 0.348 e. The van der Waals surface area contributed by atoms with Crippen LogP contribution in [0.4, 0.5) is 8.78 Å². The molecule has 2 aromatic heterocycles. The number of aryl methyl sites for hydroxylation is 1. The van der Waals surface area contributed by atoms with Gasteiger partial charge in [-0.2, -0.15) is 0 Å². The van der Waals surface area contributed by atoms with Crippen LogP contribution in [0.2, 0.25) is 0 Å². The highest BCUT2D eigenvalue weighted by Crippen LogP contribution is 2.14. The molecule has 4 rings (SSSR count).